The van der Waals surface area contributed by atoms with Gasteiger partial charge in [-0.05, 0) is 91.7 Å². The van der Waals surface area contributed by atoms with Gasteiger partial charge in [-0.1, -0.05) is 50.1 Å². The number of aliphatic hydroxyl groups excluding tert-OH is 1. The number of hydrogen-bond donors (Lipinski definition) is 2. The number of aryl methyl sites for hydroxylation is 1. The van der Waals surface area contributed by atoms with Crippen LogP contribution in [0.4, 0.5) is 5.82 Å². The number of aliphatic hydroxyl groups is 1. The topological polar surface area (TPSA) is 107 Å². The molecule has 12 heteroatoms. The van der Waals surface area contributed by atoms with Gasteiger partial charge in [0.2, 0.25) is 0 Å². The van der Waals surface area contributed by atoms with Crippen molar-refractivity contribution in [2.75, 3.05) is 77.6 Å². The number of pyridine rings is 1. The lowest BCUT2D eigenvalue weighted by atomic mass is 9.66. The Morgan fingerprint density at radius 3 is 2.69 bits per heavy atom. The lowest BCUT2D eigenvalue weighted by molar-refractivity contribution is -0.0492. The number of allylic oxidation sites excluding steroid dienone is 1. The number of ether oxygens (including phenoxy) is 2. The Morgan fingerprint density at radius 2 is 1.90 bits per heavy atom. The van der Waals surface area contributed by atoms with Crippen LogP contribution in [0.2, 0.25) is 5.02 Å². The number of morpholine rings is 1. The summed E-state index contributed by atoms with van der Waals surface area (Å²) in [5.41, 5.74) is 2.80. The largest absolute Gasteiger partial charge is 0.489 e. The number of carbonyl (C=O) groups is 1. The number of aromatic nitrogens is 1. The highest BCUT2D eigenvalue weighted by Gasteiger charge is 2.40. The van der Waals surface area contributed by atoms with Crippen molar-refractivity contribution in [2.24, 2.45) is 23.7 Å². The predicted octanol–water partition coefficient (Wildman–Crippen LogP) is 5.32. The van der Waals surface area contributed by atoms with Crippen molar-refractivity contribution in [1.82, 2.24) is 19.5 Å². The van der Waals surface area contributed by atoms with E-state index in [1.54, 1.807) is 6.07 Å². The van der Waals surface area contributed by atoms with Gasteiger partial charge in [0.25, 0.3) is 5.91 Å². The van der Waals surface area contributed by atoms with Crippen LogP contribution in [-0.2, 0) is 22.1 Å². The summed E-state index contributed by atoms with van der Waals surface area (Å²) in [4.78, 5) is 26.1. The van der Waals surface area contributed by atoms with Crippen molar-refractivity contribution in [2.45, 2.75) is 70.1 Å². The maximum atomic E-state index is 13.5. The summed E-state index contributed by atoms with van der Waals surface area (Å²) in [6.45, 7) is 15.4. The third-order valence-corrected chi connectivity index (χ3v) is 13.8. The Bertz CT molecular complexity index is 1580. The molecule has 5 aliphatic rings. The molecule has 2 N–H and O–H groups in total. The Kier molecular flexibility index (Phi) is 13.7. The summed E-state index contributed by atoms with van der Waals surface area (Å²) in [6, 6.07) is 10.3. The number of benzene rings is 1. The van der Waals surface area contributed by atoms with Gasteiger partial charge < -0.3 is 19.5 Å². The van der Waals surface area contributed by atoms with E-state index in [0.29, 0.717) is 42.0 Å². The van der Waals surface area contributed by atoms with Gasteiger partial charge in [-0.3, -0.25) is 19.3 Å². The molecule has 5 heterocycles. The van der Waals surface area contributed by atoms with Crippen LogP contribution in [-0.4, -0.2) is 114 Å². The molecule has 8 atom stereocenters. The molecule has 10 nitrogen and oxygen atoms in total. The molecule has 8 unspecified atom stereocenters. The number of hydrogen-bond acceptors (Lipinski definition) is 9. The number of nitrogens with one attached hydrogen (secondary N) is 1. The van der Waals surface area contributed by atoms with Gasteiger partial charge in [-0.25, -0.2) is 9.19 Å². The quantitative estimate of drug-likeness (QED) is 0.393. The first-order valence-corrected chi connectivity index (χ1v) is 20.9. The van der Waals surface area contributed by atoms with Gasteiger partial charge in [0.15, 0.2) is 11.6 Å². The zero-order valence-corrected chi connectivity index (χ0v) is 32.9. The summed E-state index contributed by atoms with van der Waals surface area (Å²) in [5.74, 6) is 2.71. The Balaban J connectivity index is 0.00000228. The SMILES string of the molecule is CCCc1cc(Cl)ccc1C1COc2ccc3nc2N(C1)CC1CCC1C(CN1CCN2CCOCC2C1)/C=C/CC(C)C(C)S(=O)NC3=O.CO. The minimum Gasteiger partial charge on any atom is -0.489 e. The van der Waals surface area contributed by atoms with Gasteiger partial charge >= 0.3 is 0 Å². The number of nitrogens with zero attached hydrogens (tertiary/aromatic N) is 4. The lowest BCUT2D eigenvalue weighted by Crippen LogP contribution is -2.59. The molecule has 52 heavy (non-hydrogen) atoms. The molecule has 1 aromatic heterocycles. The molecular formula is C40H58ClN5O5S. The van der Waals surface area contributed by atoms with Crippen LogP contribution >= 0.6 is 11.6 Å². The monoisotopic (exact) mass is 755 g/mol. The maximum absolute atomic E-state index is 13.5. The highest BCUT2D eigenvalue weighted by molar-refractivity contribution is 7.84. The van der Waals surface area contributed by atoms with Crippen LogP contribution in [0, 0.1) is 23.7 Å². The molecule has 7 rings (SSSR count). The fourth-order valence-corrected chi connectivity index (χ4v) is 9.89. The second kappa shape index (κ2) is 18.2. The number of amides is 1. The fraction of sp³-hybridized carbons (Fsp3) is 0.650. The molecule has 0 radical (unpaired) electrons. The van der Waals surface area contributed by atoms with Crippen molar-refractivity contribution in [1.29, 1.82) is 0 Å². The number of halogens is 1. The third kappa shape index (κ3) is 9.04. The minimum atomic E-state index is -1.54. The molecule has 286 valence electrons. The Morgan fingerprint density at radius 1 is 1.06 bits per heavy atom. The second-order valence-electron chi connectivity index (χ2n) is 15.3. The van der Waals surface area contributed by atoms with Gasteiger partial charge in [-0.15, -0.1) is 0 Å². The van der Waals surface area contributed by atoms with Crippen LogP contribution in [0.25, 0.3) is 0 Å². The van der Waals surface area contributed by atoms with E-state index in [2.05, 4.69) is 57.6 Å². The molecule has 2 bridgehead atoms. The van der Waals surface area contributed by atoms with E-state index in [1.165, 1.54) is 24.0 Å². The zero-order valence-electron chi connectivity index (χ0n) is 31.3. The normalized spacial score (nSPS) is 32.0. The Labute approximate surface area is 317 Å². The van der Waals surface area contributed by atoms with E-state index in [0.717, 1.165) is 90.4 Å². The molecule has 1 aromatic carbocycles. The Hall–Kier alpha value is -2.54. The van der Waals surface area contributed by atoms with E-state index >= 15 is 0 Å². The molecule has 4 aliphatic heterocycles. The lowest BCUT2D eigenvalue weighted by Gasteiger charge is -2.48. The molecule has 2 saturated heterocycles. The number of carbonyl (C=O) groups excluding carboxylic acids is 1. The molecular weight excluding hydrogens is 698 g/mol. The van der Waals surface area contributed by atoms with Crippen molar-refractivity contribution >= 4 is 34.3 Å². The smallest absolute Gasteiger partial charge is 0.281 e. The van der Waals surface area contributed by atoms with E-state index in [4.69, 9.17) is 31.2 Å². The van der Waals surface area contributed by atoms with Crippen molar-refractivity contribution < 1.29 is 23.6 Å². The van der Waals surface area contributed by atoms with E-state index in [1.807, 2.05) is 19.1 Å². The first kappa shape index (κ1) is 39.2. The van der Waals surface area contributed by atoms with Gasteiger partial charge in [0.05, 0.1) is 25.1 Å². The fourth-order valence-electron chi connectivity index (χ4n) is 8.69. The number of piperazine rings is 1. The molecule has 0 spiro atoms. The average molecular weight is 756 g/mol. The molecule has 3 fully saturated rings. The first-order chi connectivity index (χ1) is 25.3. The van der Waals surface area contributed by atoms with Crippen LogP contribution in [0.3, 0.4) is 0 Å². The average Bonchev–Trinajstić information content (AvgIpc) is 3.32. The van der Waals surface area contributed by atoms with Crippen molar-refractivity contribution in [3.8, 4) is 5.75 Å². The number of rotatable bonds is 5. The molecule has 1 saturated carbocycles. The predicted molar refractivity (Wildman–Crippen MR) is 209 cm³/mol. The van der Waals surface area contributed by atoms with Crippen molar-refractivity contribution in [3.63, 3.8) is 0 Å². The molecule has 1 amide bonds. The van der Waals surface area contributed by atoms with Gasteiger partial charge in [0.1, 0.15) is 16.7 Å². The standard InChI is InChI=1S/C39H54ClN5O4S.CH4O/c1-4-6-28-19-32(40)10-12-34(28)31-22-45-21-30-9-11-35(30)29(20-43-15-16-44-17-18-48-25-33(44)23-43)8-5-7-26(2)27(3)50(47)42-39(46)36-13-14-37(49-24-31)38(45)41-36;1-2/h5,8,10,12-14,19,26-27,29-31,33,35H,4,6-7,9,11,15-18,20-25H2,1-3H3,(H,42,46);2H,1H3/b8-5+;. The second-order valence-corrected chi connectivity index (χ2v) is 17.3. The van der Waals surface area contributed by atoms with E-state index in [9.17, 15) is 9.00 Å². The molecule has 1 aliphatic carbocycles. The van der Waals surface area contributed by atoms with E-state index < -0.39 is 16.9 Å². The summed E-state index contributed by atoms with van der Waals surface area (Å²) in [7, 11) is -0.544. The van der Waals surface area contributed by atoms with E-state index in [-0.39, 0.29) is 22.8 Å². The zero-order chi connectivity index (χ0) is 36.8. The van der Waals surface area contributed by atoms with Crippen LogP contribution in [0.1, 0.15) is 74.0 Å². The first-order valence-electron chi connectivity index (χ1n) is 19.3. The summed E-state index contributed by atoms with van der Waals surface area (Å²) >= 11 is 6.48. The molecule has 2 aromatic rings. The summed E-state index contributed by atoms with van der Waals surface area (Å²) < 4.78 is 28.5. The van der Waals surface area contributed by atoms with Gasteiger partial charge in [-0.2, -0.15) is 0 Å². The maximum Gasteiger partial charge on any atom is 0.281 e. The number of anilines is 1. The third-order valence-electron chi connectivity index (χ3n) is 12.0. The minimum absolute atomic E-state index is 0.115. The van der Waals surface area contributed by atoms with Crippen LogP contribution in [0.15, 0.2) is 42.5 Å². The summed E-state index contributed by atoms with van der Waals surface area (Å²) in [5, 5.41) is 7.55. The summed E-state index contributed by atoms with van der Waals surface area (Å²) in [6.07, 6.45) is 9.99. The highest BCUT2D eigenvalue weighted by atomic mass is 35.5. The van der Waals surface area contributed by atoms with Crippen LogP contribution < -0.4 is 14.4 Å². The van der Waals surface area contributed by atoms with Gasteiger partial charge in [0, 0.05) is 69.9 Å². The van der Waals surface area contributed by atoms with Crippen LogP contribution in [0.5, 0.6) is 5.75 Å². The highest BCUT2D eigenvalue weighted by Crippen LogP contribution is 2.44. The number of fused-ring (bicyclic) bond motifs is 3. The van der Waals surface area contributed by atoms with Crippen molar-refractivity contribution in [3.05, 3.63) is 64.3 Å².